The molecule has 1 amide bonds. The lowest BCUT2D eigenvalue weighted by Gasteiger charge is -2.26. The number of ether oxygens (including phenoxy) is 1. The normalized spacial score (nSPS) is 15.7. The monoisotopic (exact) mass is 353 g/mol. The molecule has 0 radical (unpaired) electrons. The largest absolute Gasteiger partial charge is 0.496 e. The van der Waals surface area contributed by atoms with Gasteiger partial charge in [0.2, 0.25) is 0 Å². The lowest BCUT2D eigenvalue weighted by Crippen LogP contribution is -2.34. The Morgan fingerprint density at radius 3 is 2.62 bits per heavy atom. The minimum atomic E-state index is -0.589. The van der Waals surface area contributed by atoms with Gasteiger partial charge >= 0.3 is 0 Å². The maximum absolute atomic E-state index is 12.8. The summed E-state index contributed by atoms with van der Waals surface area (Å²) < 4.78 is 5.43. The molecule has 0 bridgehead atoms. The zero-order valence-corrected chi connectivity index (χ0v) is 15.6. The van der Waals surface area contributed by atoms with E-state index in [2.05, 4.69) is 0 Å². The predicted molar refractivity (Wildman–Crippen MR) is 103 cm³/mol. The van der Waals surface area contributed by atoms with E-state index in [9.17, 15) is 9.90 Å². The van der Waals surface area contributed by atoms with E-state index in [1.165, 1.54) is 0 Å². The fourth-order valence-electron chi connectivity index (χ4n) is 3.68. The molecule has 1 fully saturated rings. The van der Waals surface area contributed by atoms with Crippen LogP contribution in [-0.2, 0) is 0 Å². The first-order valence-electron chi connectivity index (χ1n) is 9.24. The molecule has 0 aromatic heterocycles. The van der Waals surface area contributed by atoms with E-state index >= 15 is 0 Å². The number of para-hydroxylation sites is 1. The van der Waals surface area contributed by atoms with Crippen LogP contribution in [0.25, 0.3) is 11.1 Å². The SMILES string of the molecule is COc1ccccc1-c1cccc(C(=O)N(C)CCC2(O)CCCC2)c1. The van der Waals surface area contributed by atoms with Gasteiger partial charge in [-0.15, -0.1) is 0 Å². The van der Waals surface area contributed by atoms with Crippen LogP contribution in [0.5, 0.6) is 5.75 Å². The average molecular weight is 353 g/mol. The van der Waals surface area contributed by atoms with Crippen LogP contribution in [0, 0.1) is 0 Å². The van der Waals surface area contributed by atoms with Crippen LogP contribution >= 0.6 is 0 Å². The van der Waals surface area contributed by atoms with Crippen molar-refractivity contribution >= 4 is 5.91 Å². The first kappa shape index (κ1) is 18.5. The molecule has 1 N–H and O–H groups in total. The quantitative estimate of drug-likeness (QED) is 0.849. The van der Waals surface area contributed by atoms with Crippen LogP contribution in [0.2, 0.25) is 0 Å². The lowest BCUT2D eigenvalue weighted by atomic mass is 9.97. The summed E-state index contributed by atoms with van der Waals surface area (Å²) in [6, 6.07) is 15.4. The number of benzene rings is 2. The number of carbonyl (C=O) groups excluding carboxylic acids is 1. The van der Waals surface area contributed by atoms with E-state index in [-0.39, 0.29) is 5.91 Å². The van der Waals surface area contributed by atoms with E-state index < -0.39 is 5.60 Å². The van der Waals surface area contributed by atoms with Crippen molar-refractivity contribution in [1.82, 2.24) is 4.90 Å². The number of nitrogens with zero attached hydrogens (tertiary/aromatic N) is 1. The van der Waals surface area contributed by atoms with Gasteiger partial charge in [-0.2, -0.15) is 0 Å². The smallest absolute Gasteiger partial charge is 0.253 e. The molecule has 4 nitrogen and oxygen atoms in total. The van der Waals surface area contributed by atoms with Gasteiger partial charge in [0.25, 0.3) is 5.91 Å². The molecule has 1 saturated carbocycles. The third-order valence-corrected chi connectivity index (χ3v) is 5.32. The zero-order valence-electron chi connectivity index (χ0n) is 15.6. The lowest BCUT2D eigenvalue weighted by molar-refractivity contribution is 0.0296. The summed E-state index contributed by atoms with van der Waals surface area (Å²) in [5.41, 5.74) is 1.98. The van der Waals surface area contributed by atoms with E-state index in [1.54, 1.807) is 19.1 Å². The van der Waals surface area contributed by atoms with Gasteiger partial charge in [-0.3, -0.25) is 4.79 Å². The minimum absolute atomic E-state index is 0.0247. The van der Waals surface area contributed by atoms with Gasteiger partial charge in [-0.1, -0.05) is 43.2 Å². The Balaban J connectivity index is 1.73. The molecule has 0 heterocycles. The predicted octanol–water partition coefficient (Wildman–Crippen LogP) is 4.13. The number of hydrogen-bond donors (Lipinski definition) is 1. The van der Waals surface area contributed by atoms with Crippen molar-refractivity contribution in [3.05, 3.63) is 54.1 Å². The summed E-state index contributed by atoms with van der Waals surface area (Å²) >= 11 is 0. The van der Waals surface area contributed by atoms with E-state index in [0.717, 1.165) is 42.6 Å². The molecule has 4 heteroatoms. The van der Waals surface area contributed by atoms with Gasteiger partial charge in [0.15, 0.2) is 0 Å². The van der Waals surface area contributed by atoms with Gasteiger partial charge in [0, 0.05) is 24.7 Å². The van der Waals surface area contributed by atoms with Crippen molar-refractivity contribution in [2.45, 2.75) is 37.7 Å². The van der Waals surface area contributed by atoms with E-state index in [0.29, 0.717) is 18.5 Å². The number of rotatable bonds is 6. The van der Waals surface area contributed by atoms with Gasteiger partial charge in [-0.25, -0.2) is 0 Å². The highest BCUT2D eigenvalue weighted by atomic mass is 16.5. The van der Waals surface area contributed by atoms with Crippen LogP contribution < -0.4 is 4.74 Å². The molecule has 26 heavy (non-hydrogen) atoms. The van der Waals surface area contributed by atoms with Crippen molar-refractivity contribution in [3.63, 3.8) is 0 Å². The summed E-state index contributed by atoms with van der Waals surface area (Å²) in [6.45, 7) is 0.564. The molecule has 0 atom stereocenters. The minimum Gasteiger partial charge on any atom is -0.496 e. The molecule has 138 valence electrons. The highest BCUT2D eigenvalue weighted by Gasteiger charge is 2.31. The highest BCUT2D eigenvalue weighted by molar-refractivity contribution is 5.95. The van der Waals surface area contributed by atoms with Gasteiger partial charge < -0.3 is 14.7 Å². The molecule has 0 spiro atoms. The Kier molecular flexibility index (Phi) is 5.62. The fourth-order valence-corrected chi connectivity index (χ4v) is 3.68. The van der Waals surface area contributed by atoms with Crippen LogP contribution in [0.15, 0.2) is 48.5 Å². The molecule has 1 aliphatic rings. The Bertz CT molecular complexity index is 765. The molecule has 0 unspecified atom stereocenters. The van der Waals surface area contributed by atoms with Gasteiger partial charge in [-0.05, 0) is 43.0 Å². The van der Waals surface area contributed by atoms with Crippen molar-refractivity contribution in [2.24, 2.45) is 0 Å². The summed E-state index contributed by atoms with van der Waals surface area (Å²) in [6.07, 6.45) is 4.49. The standard InChI is InChI=1S/C22H27NO3/c1-23(15-14-22(25)12-5-6-13-22)21(24)18-9-7-8-17(16-18)19-10-3-4-11-20(19)26-2/h3-4,7-11,16,25H,5-6,12-15H2,1-2H3. The van der Waals surface area contributed by atoms with Crippen LogP contribution in [0.3, 0.4) is 0 Å². The Labute approximate surface area is 155 Å². The van der Waals surface area contributed by atoms with Crippen molar-refractivity contribution in [3.8, 4) is 16.9 Å². The van der Waals surface area contributed by atoms with E-state index in [1.807, 2.05) is 48.5 Å². The number of carbonyl (C=O) groups is 1. The molecule has 2 aromatic carbocycles. The second kappa shape index (κ2) is 7.92. The third kappa shape index (κ3) is 4.07. The van der Waals surface area contributed by atoms with Crippen LogP contribution in [0.1, 0.15) is 42.5 Å². The third-order valence-electron chi connectivity index (χ3n) is 5.32. The molecule has 3 rings (SSSR count). The molecule has 0 saturated heterocycles. The molecule has 2 aromatic rings. The van der Waals surface area contributed by atoms with Crippen molar-refractivity contribution < 1.29 is 14.6 Å². The summed E-state index contributed by atoms with van der Waals surface area (Å²) in [5.74, 6) is 0.761. The molecule has 0 aliphatic heterocycles. The molecular formula is C22H27NO3. The first-order valence-corrected chi connectivity index (χ1v) is 9.24. The average Bonchev–Trinajstić information content (AvgIpc) is 3.12. The molecule has 1 aliphatic carbocycles. The van der Waals surface area contributed by atoms with E-state index in [4.69, 9.17) is 4.74 Å². The van der Waals surface area contributed by atoms with Gasteiger partial charge in [0.1, 0.15) is 5.75 Å². The summed E-state index contributed by atoms with van der Waals surface area (Å²) in [7, 11) is 3.45. The number of methoxy groups -OCH3 is 1. The topological polar surface area (TPSA) is 49.8 Å². The maximum atomic E-state index is 12.8. The van der Waals surface area contributed by atoms with Crippen molar-refractivity contribution in [1.29, 1.82) is 0 Å². The van der Waals surface area contributed by atoms with Crippen LogP contribution in [0.4, 0.5) is 0 Å². The summed E-state index contributed by atoms with van der Waals surface area (Å²) in [5, 5.41) is 10.5. The molecular weight excluding hydrogens is 326 g/mol. The highest BCUT2D eigenvalue weighted by Crippen LogP contribution is 2.33. The van der Waals surface area contributed by atoms with Crippen LogP contribution in [-0.4, -0.2) is 42.2 Å². The Hall–Kier alpha value is -2.33. The Morgan fingerprint density at radius 2 is 1.88 bits per heavy atom. The van der Waals surface area contributed by atoms with Gasteiger partial charge in [0.05, 0.1) is 12.7 Å². The number of hydrogen-bond acceptors (Lipinski definition) is 3. The first-order chi connectivity index (χ1) is 12.5. The number of amides is 1. The maximum Gasteiger partial charge on any atom is 0.253 e. The number of aliphatic hydroxyl groups is 1. The van der Waals surface area contributed by atoms with Crippen molar-refractivity contribution in [2.75, 3.05) is 20.7 Å². The Morgan fingerprint density at radius 1 is 1.15 bits per heavy atom. The fraction of sp³-hybridized carbons (Fsp3) is 0.409. The second-order valence-electron chi connectivity index (χ2n) is 7.19. The zero-order chi connectivity index (χ0) is 18.6. The second-order valence-corrected chi connectivity index (χ2v) is 7.19. The summed E-state index contributed by atoms with van der Waals surface area (Å²) in [4.78, 5) is 14.5.